The average molecular weight is 253 g/mol. The number of amides is 1. The van der Waals surface area contributed by atoms with Crippen molar-refractivity contribution >= 4 is 5.91 Å². The van der Waals surface area contributed by atoms with E-state index in [9.17, 15) is 4.79 Å². The van der Waals surface area contributed by atoms with Crippen molar-refractivity contribution in [2.45, 2.75) is 39.0 Å². The summed E-state index contributed by atoms with van der Waals surface area (Å²) in [6.07, 6.45) is 5.29. The maximum Gasteiger partial charge on any atom is 0.228 e. The molecular weight excluding hydrogens is 226 g/mol. The molecule has 4 nitrogen and oxygen atoms in total. The molecular formula is C14H27N3O. The molecule has 0 saturated carbocycles. The molecule has 104 valence electrons. The molecule has 4 heteroatoms. The summed E-state index contributed by atoms with van der Waals surface area (Å²) >= 11 is 0. The summed E-state index contributed by atoms with van der Waals surface area (Å²) in [5, 5.41) is 6.76. The van der Waals surface area contributed by atoms with E-state index >= 15 is 0 Å². The second-order valence-corrected chi connectivity index (χ2v) is 5.68. The molecule has 0 aromatic carbocycles. The van der Waals surface area contributed by atoms with Crippen LogP contribution in [0, 0.1) is 5.41 Å². The SMILES string of the molecule is CCCC1(C(=O)N2CCCNCC2)CCNCC1. The van der Waals surface area contributed by atoms with Crippen LogP contribution in [0.2, 0.25) is 0 Å². The first-order valence-corrected chi connectivity index (χ1v) is 7.49. The van der Waals surface area contributed by atoms with Crippen LogP contribution in [0.5, 0.6) is 0 Å². The molecule has 0 unspecified atom stereocenters. The summed E-state index contributed by atoms with van der Waals surface area (Å²) < 4.78 is 0. The molecule has 2 heterocycles. The van der Waals surface area contributed by atoms with E-state index < -0.39 is 0 Å². The molecule has 2 aliphatic heterocycles. The minimum Gasteiger partial charge on any atom is -0.341 e. The molecule has 2 rings (SSSR count). The molecule has 0 spiro atoms. The molecule has 1 amide bonds. The lowest BCUT2D eigenvalue weighted by Gasteiger charge is -2.40. The Balaban J connectivity index is 2.06. The molecule has 0 atom stereocenters. The first-order valence-electron chi connectivity index (χ1n) is 7.49. The van der Waals surface area contributed by atoms with E-state index in [1.54, 1.807) is 0 Å². The Labute approximate surface area is 110 Å². The van der Waals surface area contributed by atoms with Crippen LogP contribution < -0.4 is 10.6 Å². The molecule has 2 saturated heterocycles. The van der Waals surface area contributed by atoms with E-state index in [-0.39, 0.29) is 5.41 Å². The van der Waals surface area contributed by atoms with Crippen LogP contribution in [-0.2, 0) is 4.79 Å². The number of nitrogens with one attached hydrogen (secondary N) is 2. The van der Waals surface area contributed by atoms with Gasteiger partial charge >= 0.3 is 0 Å². The summed E-state index contributed by atoms with van der Waals surface area (Å²) in [4.78, 5) is 15.0. The highest BCUT2D eigenvalue weighted by Crippen LogP contribution is 2.36. The van der Waals surface area contributed by atoms with Gasteiger partial charge in [0.05, 0.1) is 5.41 Å². The fourth-order valence-corrected chi connectivity index (χ4v) is 3.34. The standard InChI is InChI=1S/C14H27N3O/c1-2-4-14(5-8-16-9-6-14)13(18)17-11-3-7-15-10-12-17/h15-16H,2-12H2,1H3. The van der Waals surface area contributed by atoms with Crippen LogP contribution in [0.25, 0.3) is 0 Å². The van der Waals surface area contributed by atoms with E-state index in [2.05, 4.69) is 22.5 Å². The zero-order valence-corrected chi connectivity index (χ0v) is 11.6. The lowest BCUT2D eigenvalue weighted by atomic mass is 9.74. The van der Waals surface area contributed by atoms with Gasteiger partial charge in [0, 0.05) is 19.6 Å². The Hall–Kier alpha value is -0.610. The first-order chi connectivity index (χ1) is 8.78. The normalized spacial score (nSPS) is 24.6. The number of hydrogen-bond donors (Lipinski definition) is 2. The predicted octanol–water partition coefficient (Wildman–Crippen LogP) is 0.978. The molecule has 0 aromatic rings. The highest BCUT2D eigenvalue weighted by Gasteiger charge is 2.41. The smallest absolute Gasteiger partial charge is 0.228 e. The van der Waals surface area contributed by atoms with E-state index in [0.717, 1.165) is 71.4 Å². The van der Waals surface area contributed by atoms with Gasteiger partial charge in [0.1, 0.15) is 0 Å². The summed E-state index contributed by atoms with van der Waals surface area (Å²) in [6.45, 7) is 8.01. The second kappa shape index (κ2) is 6.53. The van der Waals surface area contributed by atoms with E-state index in [1.165, 1.54) is 0 Å². The number of hydrogen-bond acceptors (Lipinski definition) is 3. The largest absolute Gasteiger partial charge is 0.341 e. The maximum absolute atomic E-state index is 12.9. The lowest BCUT2D eigenvalue weighted by Crippen LogP contribution is -2.50. The number of carbonyl (C=O) groups is 1. The quantitative estimate of drug-likeness (QED) is 0.788. The first kappa shape index (κ1) is 13.8. The van der Waals surface area contributed by atoms with Crippen molar-refractivity contribution in [3.8, 4) is 0 Å². The zero-order valence-electron chi connectivity index (χ0n) is 11.6. The van der Waals surface area contributed by atoms with Crippen LogP contribution in [0.15, 0.2) is 0 Å². The summed E-state index contributed by atoms with van der Waals surface area (Å²) in [7, 11) is 0. The summed E-state index contributed by atoms with van der Waals surface area (Å²) in [6, 6.07) is 0. The van der Waals surface area contributed by atoms with Crippen molar-refractivity contribution in [2.24, 2.45) is 5.41 Å². The fourth-order valence-electron chi connectivity index (χ4n) is 3.34. The molecule has 18 heavy (non-hydrogen) atoms. The van der Waals surface area contributed by atoms with Gasteiger partial charge in [0.25, 0.3) is 0 Å². The van der Waals surface area contributed by atoms with E-state index in [0.29, 0.717) is 5.91 Å². The van der Waals surface area contributed by atoms with Crippen molar-refractivity contribution in [3.05, 3.63) is 0 Å². The van der Waals surface area contributed by atoms with Crippen LogP contribution >= 0.6 is 0 Å². The van der Waals surface area contributed by atoms with Gasteiger partial charge in [0.15, 0.2) is 0 Å². The number of piperidine rings is 1. The predicted molar refractivity (Wildman–Crippen MR) is 73.5 cm³/mol. The molecule has 2 aliphatic rings. The number of carbonyl (C=O) groups excluding carboxylic acids is 1. The Bertz CT molecular complexity index is 261. The molecule has 2 fully saturated rings. The van der Waals surface area contributed by atoms with Gasteiger partial charge in [-0.3, -0.25) is 4.79 Å². The minimum atomic E-state index is -0.0651. The van der Waals surface area contributed by atoms with Gasteiger partial charge in [0.2, 0.25) is 5.91 Å². The molecule has 0 bridgehead atoms. The monoisotopic (exact) mass is 253 g/mol. The molecule has 2 N–H and O–H groups in total. The van der Waals surface area contributed by atoms with Crippen LogP contribution in [0.4, 0.5) is 0 Å². The van der Waals surface area contributed by atoms with Crippen LogP contribution in [0.3, 0.4) is 0 Å². The zero-order chi connectivity index (χ0) is 12.8. The number of nitrogens with zero attached hydrogens (tertiary/aromatic N) is 1. The molecule has 0 radical (unpaired) electrons. The summed E-state index contributed by atoms with van der Waals surface area (Å²) in [5.41, 5.74) is -0.0651. The van der Waals surface area contributed by atoms with E-state index in [4.69, 9.17) is 0 Å². The highest BCUT2D eigenvalue weighted by atomic mass is 16.2. The third-order valence-corrected chi connectivity index (χ3v) is 4.37. The van der Waals surface area contributed by atoms with Crippen LogP contribution in [0.1, 0.15) is 39.0 Å². The van der Waals surface area contributed by atoms with Gasteiger partial charge < -0.3 is 15.5 Å². The average Bonchev–Trinajstić information content (AvgIpc) is 2.68. The second-order valence-electron chi connectivity index (χ2n) is 5.68. The van der Waals surface area contributed by atoms with E-state index in [1.807, 2.05) is 0 Å². The lowest BCUT2D eigenvalue weighted by molar-refractivity contribution is -0.144. The van der Waals surface area contributed by atoms with Crippen molar-refractivity contribution in [1.82, 2.24) is 15.5 Å². The Morgan fingerprint density at radius 1 is 1.11 bits per heavy atom. The number of rotatable bonds is 3. The maximum atomic E-state index is 12.9. The van der Waals surface area contributed by atoms with Gasteiger partial charge in [-0.2, -0.15) is 0 Å². The topological polar surface area (TPSA) is 44.4 Å². The highest BCUT2D eigenvalue weighted by molar-refractivity contribution is 5.83. The molecule has 0 aliphatic carbocycles. The Morgan fingerprint density at radius 2 is 1.83 bits per heavy atom. The summed E-state index contributed by atoms with van der Waals surface area (Å²) in [5.74, 6) is 0.426. The fraction of sp³-hybridized carbons (Fsp3) is 0.929. The third kappa shape index (κ3) is 3.04. The third-order valence-electron chi connectivity index (χ3n) is 4.37. The molecule has 0 aromatic heterocycles. The van der Waals surface area contributed by atoms with Gasteiger partial charge in [-0.15, -0.1) is 0 Å². The van der Waals surface area contributed by atoms with Crippen molar-refractivity contribution in [1.29, 1.82) is 0 Å². The van der Waals surface area contributed by atoms with Gasteiger partial charge in [-0.1, -0.05) is 13.3 Å². The van der Waals surface area contributed by atoms with Gasteiger partial charge in [-0.05, 0) is 45.3 Å². The van der Waals surface area contributed by atoms with Gasteiger partial charge in [-0.25, -0.2) is 0 Å². The van der Waals surface area contributed by atoms with Crippen molar-refractivity contribution < 1.29 is 4.79 Å². The van der Waals surface area contributed by atoms with Crippen molar-refractivity contribution in [3.63, 3.8) is 0 Å². The Morgan fingerprint density at radius 3 is 2.56 bits per heavy atom. The Kier molecular flexibility index (Phi) is 5.01. The van der Waals surface area contributed by atoms with Crippen molar-refractivity contribution in [2.75, 3.05) is 39.3 Å². The minimum absolute atomic E-state index is 0.0651. The van der Waals surface area contributed by atoms with Crippen LogP contribution in [-0.4, -0.2) is 50.1 Å².